The van der Waals surface area contributed by atoms with Gasteiger partial charge in [0.15, 0.2) is 0 Å². The van der Waals surface area contributed by atoms with E-state index < -0.39 is 11.5 Å². The minimum absolute atomic E-state index is 0.0291. The van der Waals surface area contributed by atoms with Crippen LogP contribution in [0.15, 0.2) is 66.7 Å². The number of methoxy groups -OCH3 is 1. The van der Waals surface area contributed by atoms with Gasteiger partial charge in [-0.15, -0.1) is 0 Å². The van der Waals surface area contributed by atoms with Crippen LogP contribution in [0.2, 0.25) is 10.0 Å². The lowest BCUT2D eigenvalue weighted by Crippen LogP contribution is -2.76. The van der Waals surface area contributed by atoms with Crippen molar-refractivity contribution in [3.8, 4) is 11.5 Å². The molecule has 0 aromatic heterocycles. The predicted molar refractivity (Wildman–Crippen MR) is 170 cm³/mol. The summed E-state index contributed by atoms with van der Waals surface area (Å²) in [7, 11) is 1.62. The summed E-state index contributed by atoms with van der Waals surface area (Å²) in [5.41, 5.74) is 1.60. The number of carbonyl (C=O) groups excluding carboxylic acids is 2. The van der Waals surface area contributed by atoms with Crippen LogP contribution in [0.5, 0.6) is 11.5 Å². The van der Waals surface area contributed by atoms with Crippen LogP contribution in [0.25, 0.3) is 0 Å². The third kappa shape index (κ3) is 6.95. The molecule has 1 N–H and O–H groups in total. The Labute approximate surface area is 264 Å². The number of nitrogens with zero attached hydrogens (tertiary/aromatic N) is 2. The van der Waals surface area contributed by atoms with Crippen LogP contribution in [-0.2, 0) is 29.2 Å². The number of halogens is 2. The lowest BCUT2D eigenvalue weighted by molar-refractivity contribution is -0.179. The molecule has 0 saturated carbocycles. The first-order valence-electron chi connectivity index (χ1n) is 14.9. The molecule has 2 amide bonds. The molecule has 7 nitrogen and oxygen atoms in total. The summed E-state index contributed by atoms with van der Waals surface area (Å²) in [6.45, 7) is 5.93. The number of nitrogens with one attached hydrogen (secondary N) is 1. The largest absolute Gasteiger partial charge is 0.497 e. The summed E-state index contributed by atoms with van der Waals surface area (Å²) in [4.78, 5) is 31.5. The number of ether oxygens (including phenoxy) is 2. The van der Waals surface area contributed by atoms with Crippen LogP contribution in [-0.4, -0.2) is 60.4 Å². The zero-order valence-electron chi connectivity index (χ0n) is 24.8. The first-order chi connectivity index (χ1) is 20.8. The second-order valence-corrected chi connectivity index (χ2v) is 12.2. The highest BCUT2D eigenvalue weighted by Gasteiger charge is 2.62. The molecule has 2 aliphatic rings. The van der Waals surface area contributed by atoms with Gasteiger partial charge in [-0.25, -0.2) is 0 Å². The minimum atomic E-state index is -1.01. The highest BCUT2D eigenvalue weighted by molar-refractivity contribution is 6.35. The van der Waals surface area contributed by atoms with Gasteiger partial charge in [-0.2, -0.15) is 0 Å². The third-order valence-electron chi connectivity index (χ3n) is 8.73. The van der Waals surface area contributed by atoms with Gasteiger partial charge >= 0.3 is 0 Å². The van der Waals surface area contributed by atoms with Crippen LogP contribution in [0.3, 0.4) is 0 Å². The molecule has 0 aliphatic carbocycles. The smallest absolute Gasteiger partial charge is 0.247 e. The standard InChI is InChI=1S/C34H39Cl2N3O4/c1-24-32(40)39(22-26-11-13-27(42-2)14-12-26)34(24,33(41)37-17-20-38-18-4-3-5-19-38)21-25-9-15-28(16-10-25)43-23-29-30(35)7-6-8-31(29)36/h6-16,24H,3-5,17-23H2,1-2H3,(H,37,41)/t24-,34+/m1/s1. The Balaban J connectivity index is 1.33. The molecule has 2 atom stereocenters. The minimum Gasteiger partial charge on any atom is -0.497 e. The van der Waals surface area contributed by atoms with Crippen LogP contribution >= 0.6 is 23.2 Å². The zero-order valence-corrected chi connectivity index (χ0v) is 26.3. The van der Waals surface area contributed by atoms with Crippen molar-refractivity contribution >= 4 is 35.0 Å². The second-order valence-electron chi connectivity index (χ2n) is 11.4. The Bertz CT molecular complexity index is 1390. The number of carbonyl (C=O) groups is 2. The van der Waals surface area contributed by atoms with E-state index in [1.165, 1.54) is 19.3 Å². The summed E-state index contributed by atoms with van der Waals surface area (Å²) in [5, 5.41) is 4.30. The van der Waals surface area contributed by atoms with E-state index in [2.05, 4.69) is 10.2 Å². The molecule has 43 heavy (non-hydrogen) atoms. The van der Waals surface area contributed by atoms with E-state index in [-0.39, 0.29) is 18.4 Å². The van der Waals surface area contributed by atoms with Crippen molar-refractivity contribution in [2.24, 2.45) is 5.92 Å². The molecule has 0 spiro atoms. The van der Waals surface area contributed by atoms with Gasteiger partial charge in [-0.05, 0) is 73.5 Å². The molecule has 0 radical (unpaired) electrons. The van der Waals surface area contributed by atoms with Gasteiger partial charge in [0.25, 0.3) is 0 Å². The molecule has 228 valence electrons. The van der Waals surface area contributed by atoms with Gasteiger partial charge < -0.3 is 24.6 Å². The average molecular weight is 625 g/mol. The van der Waals surface area contributed by atoms with Crippen molar-refractivity contribution in [2.45, 2.75) is 51.3 Å². The van der Waals surface area contributed by atoms with Crippen molar-refractivity contribution in [1.82, 2.24) is 15.1 Å². The van der Waals surface area contributed by atoms with Crippen molar-refractivity contribution in [2.75, 3.05) is 33.3 Å². The van der Waals surface area contributed by atoms with E-state index in [1.54, 1.807) is 30.2 Å². The number of benzene rings is 3. The molecule has 9 heteroatoms. The van der Waals surface area contributed by atoms with Crippen molar-refractivity contribution in [1.29, 1.82) is 0 Å². The first-order valence-corrected chi connectivity index (χ1v) is 15.7. The number of amides is 2. The topological polar surface area (TPSA) is 71.1 Å². The van der Waals surface area contributed by atoms with Gasteiger partial charge in [0.2, 0.25) is 11.8 Å². The first kappa shape index (κ1) is 31.2. The fourth-order valence-electron chi connectivity index (χ4n) is 6.09. The fourth-order valence-corrected chi connectivity index (χ4v) is 6.59. The van der Waals surface area contributed by atoms with E-state index in [4.69, 9.17) is 32.7 Å². The van der Waals surface area contributed by atoms with Gasteiger partial charge in [0.05, 0.1) is 13.0 Å². The van der Waals surface area contributed by atoms with E-state index in [9.17, 15) is 9.59 Å². The molecule has 2 heterocycles. The van der Waals surface area contributed by atoms with Gasteiger partial charge in [0, 0.05) is 41.7 Å². The molecule has 2 aliphatic heterocycles. The van der Waals surface area contributed by atoms with Gasteiger partial charge in [0.1, 0.15) is 23.6 Å². The monoisotopic (exact) mass is 623 g/mol. The quantitative estimate of drug-likeness (QED) is 0.245. The molecule has 2 fully saturated rings. The Hall–Kier alpha value is -3.26. The number of likely N-dealkylation sites (tertiary alicyclic amines) is 2. The lowest BCUT2D eigenvalue weighted by atomic mass is 9.69. The molecule has 0 unspecified atom stereocenters. The summed E-state index contributed by atoms with van der Waals surface area (Å²) < 4.78 is 11.3. The molecular formula is C34H39Cl2N3O4. The number of hydrogen-bond donors (Lipinski definition) is 1. The fraction of sp³-hybridized carbons (Fsp3) is 0.412. The van der Waals surface area contributed by atoms with Crippen LogP contribution in [0.4, 0.5) is 0 Å². The second kappa shape index (κ2) is 14.0. The van der Waals surface area contributed by atoms with Crippen molar-refractivity contribution in [3.63, 3.8) is 0 Å². The Morgan fingerprint density at radius 1 is 0.930 bits per heavy atom. The van der Waals surface area contributed by atoms with Crippen molar-refractivity contribution in [3.05, 3.63) is 93.5 Å². The van der Waals surface area contributed by atoms with Crippen LogP contribution < -0.4 is 14.8 Å². The van der Waals surface area contributed by atoms with Gasteiger partial charge in [-0.1, -0.05) is 66.9 Å². The summed E-state index contributed by atoms with van der Waals surface area (Å²) in [6, 6.07) is 20.6. The maximum Gasteiger partial charge on any atom is 0.247 e. The molecule has 3 aromatic carbocycles. The van der Waals surface area contributed by atoms with Crippen molar-refractivity contribution < 1.29 is 19.1 Å². The zero-order chi connectivity index (χ0) is 30.4. The molecule has 2 saturated heterocycles. The molecular weight excluding hydrogens is 585 g/mol. The average Bonchev–Trinajstić information content (AvgIpc) is 3.03. The third-order valence-corrected chi connectivity index (χ3v) is 9.44. The molecule has 3 aromatic rings. The number of piperidine rings is 1. The Morgan fingerprint density at radius 2 is 1.56 bits per heavy atom. The van der Waals surface area contributed by atoms with E-state index >= 15 is 0 Å². The summed E-state index contributed by atoms with van der Waals surface area (Å²) >= 11 is 12.6. The molecule has 0 bridgehead atoms. The highest BCUT2D eigenvalue weighted by Crippen LogP contribution is 2.42. The molecule has 5 rings (SSSR count). The number of rotatable bonds is 12. The maximum atomic E-state index is 14.0. The summed E-state index contributed by atoms with van der Waals surface area (Å²) in [6.07, 6.45) is 4.06. The lowest BCUT2D eigenvalue weighted by Gasteiger charge is -2.55. The number of hydrogen-bond acceptors (Lipinski definition) is 5. The van der Waals surface area contributed by atoms with Gasteiger partial charge in [-0.3, -0.25) is 9.59 Å². The highest BCUT2D eigenvalue weighted by atomic mass is 35.5. The Morgan fingerprint density at radius 3 is 2.21 bits per heavy atom. The summed E-state index contributed by atoms with van der Waals surface area (Å²) in [5.74, 6) is 0.803. The number of β-lactam (4-membered cyclic amide) rings is 1. The maximum absolute atomic E-state index is 14.0. The predicted octanol–water partition coefficient (Wildman–Crippen LogP) is 6.14. The van der Waals surface area contributed by atoms with E-state index in [0.29, 0.717) is 35.3 Å². The van der Waals surface area contributed by atoms with E-state index in [1.807, 2.05) is 55.5 Å². The van der Waals surface area contributed by atoms with Crippen LogP contribution in [0, 0.1) is 5.92 Å². The Kier molecular flexibility index (Phi) is 10.2. The van der Waals surface area contributed by atoms with E-state index in [0.717, 1.165) is 42.1 Å². The van der Waals surface area contributed by atoms with Crippen LogP contribution in [0.1, 0.15) is 42.9 Å². The SMILES string of the molecule is COc1ccc(CN2C(=O)[C@@H](C)[C@@]2(Cc2ccc(OCc3c(Cl)cccc3Cl)cc2)C(=O)NCCN2CCCCC2)cc1. The normalized spacial score (nSPS) is 20.4.